The molecule has 2 amide bonds. The van der Waals surface area contributed by atoms with E-state index in [0.717, 1.165) is 0 Å². The molecule has 0 bridgehead atoms. The molecule has 11 heteroatoms. The molecular weight excluding hydrogens is 413 g/mol. The zero-order valence-corrected chi connectivity index (χ0v) is 16.8. The summed E-state index contributed by atoms with van der Waals surface area (Å²) in [6.45, 7) is 2.09. The number of nitrogens with zero attached hydrogens (tertiary/aromatic N) is 3. The van der Waals surface area contributed by atoms with Crippen molar-refractivity contribution >= 4 is 51.0 Å². The van der Waals surface area contributed by atoms with Crippen molar-refractivity contribution in [3.8, 4) is 0 Å². The highest BCUT2D eigenvalue weighted by molar-refractivity contribution is 7.13. The third-order valence-electron chi connectivity index (χ3n) is 4.68. The second-order valence-corrected chi connectivity index (χ2v) is 7.59. The molecule has 3 heterocycles. The van der Waals surface area contributed by atoms with E-state index in [4.69, 9.17) is 4.74 Å². The number of carbonyl (C=O) groups is 3. The first-order valence-electron chi connectivity index (χ1n) is 9.30. The fraction of sp³-hybridized carbons (Fsp3) is 0.316. The number of aromatic amines is 1. The smallest absolute Gasteiger partial charge is 0.311 e. The van der Waals surface area contributed by atoms with Gasteiger partial charge in [0, 0.05) is 18.3 Å². The molecule has 1 saturated heterocycles. The van der Waals surface area contributed by atoms with Crippen LogP contribution in [-0.4, -0.2) is 46.1 Å². The molecule has 0 saturated carbocycles. The Morgan fingerprint density at radius 2 is 2.27 bits per heavy atom. The van der Waals surface area contributed by atoms with Crippen molar-refractivity contribution in [2.45, 2.75) is 19.8 Å². The van der Waals surface area contributed by atoms with Gasteiger partial charge in [0.15, 0.2) is 10.9 Å². The molecule has 2 N–H and O–H groups in total. The molecule has 0 spiro atoms. The minimum absolute atomic E-state index is 0.0182. The van der Waals surface area contributed by atoms with Crippen molar-refractivity contribution < 1.29 is 23.5 Å². The molecule has 1 aliphatic heterocycles. The monoisotopic (exact) mass is 431 g/mol. The maximum Gasteiger partial charge on any atom is 0.311 e. The summed E-state index contributed by atoms with van der Waals surface area (Å²) >= 11 is 1.18. The van der Waals surface area contributed by atoms with Gasteiger partial charge >= 0.3 is 5.97 Å². The van der Waals surface area contributed by atoms with E-state index in [-0.39, 0.29) is 49.0 Å². The average Bonchev–Trinajstić information content (AvgIpc) is 3.41. The average molecular weight is 431 g/mol. The molecule has 156 valence electrons. The lowest BCUT2D eigenvalue weighted by Gasteiger charge is -2.14. The Labute approximate surface area is 174 Å². The van der Waals surface area contributed by atoms with Gasteiger partial charge in [0.2, 0.25) is 11.8 Å². The summed E-state index contributed by atoms with van der Waals surface area (Å²) in [4.78, 5) is 42.2. The zero-order valence-electron chi connectivity index (χ0n) is 16.0. The number of fused-ring (bicyclic) bond motifs is 1. The summed E-state index contributed by atoms with van der Waals surface area (Å²) in [5.41, 5.74) is 0.971. The lowest BCUT2D eigenvalue weighted by Crippen LogP contribution is -2.28. The van der Waals surface area contributed by atoms with Gasteiger partial charge in [-0.1, -0.05) is 6.07 Å². The molecule has 1 fully saturated rings. The van der Waals surface area contributed by atoms with E-state index in [2.05, 4.69) is 20.5 Å². The van der Waals surface area contributed by atoms with Crippen LogP contribution in [0, 0.1) is 11.7 Å². The number of hydrogen-bond donors (Lipinski definition) is 2. The number of H-pyrrole nitrogens is 1. The van der Waals surface area contributed by atoms with E-state index < -0.39 is 17.7 Å². The largest absolute Gasteiger partial charge is 0.466 e. The summed E-state index contributed by atoms with van der Waals surface area (Å²) in [5.74, 6) is -2.02. The number of rotatable bonds is 6. The van der Waals surface area contributed by atoms with Crippen molar-refractivity contribution in [3.05, 3.63) is 35.1 Å². The predicted octanol–water partition coefficient (Wildman–Crippen LogP) is 2.26. The number of benzene rings is 1. The number of nitrogens with one attached hydrogen (secondary N) is 2. The van der Waals surface area contributed by atoms with E-state index in [1.165, 1.54) is 22.3 Å². The topological polar surface area (TPSA) is 117 Å². The Kier molecular flexibility index (Phi) is 5.44. The highest BCUT2D eigenvalue weighted by atomic mass is 32.1. The fourth-order valence-electron chi connectivity index (χ4n) is 3.31. The second kappa shape index (κ2) is 8.19. The van der Waals surface area contributed by atoms with Gasteiger partial charge in [-0.3, -0.25) is 24.4 Å². The van der Waals surface area contributed by atoms with Crippen LogP contribution < -0.4 is 10.2 Å². The number of amides is 2. The van der Waals surface area contributed by atoms with Gasteiger partial charge in [0.1, 0.15) is 5.82 Å². The second-order valence-electron chi connectivity index (χ2n) is 6.73. The molecular formula is C19H18FN5O4S. The lowest BCUT2D eigenvalue weighted by atomic mass is 10.1. The van der Waals surface area contributed by atoms with Crippen LogP contribution in [0.25, 0.3) is 10.9 Å². The minimum atomic E-state index is -0.631. The van der Waals surface area contributed by atoms with Crippen LogP contribution in [0.4, 0.5) is 15.3 Å². The molecule has 30 heavy (non-hydrogen) atoms. The summed E-state index contributed by atoms with van der Waals surface area (Å²) in [7, 11) is 0. The number of aromatic nitrogens is 3. The Hall–Kier alpha value is -3.34. The molecule has 1 aliphatic rings. The summed E-state index contributed by atoms with van der Waals surface area (Å²) < 4.78 is 19.1. The van der Waals surface area contributed by atoms with Gasteiger partial charge in [-0.25, -0.2) is 9.37 Å². The van der Waals surface area contributed by atoms with Crippen LogP contribution in [0.1, 0.15) is 19.0 Å². The van der Waals surface area contributed by atoms with Crippen molar-refractivity contribution in [2.24, 2.45) is 5.92 Å². The van der Waals surface area contributed by atoms with E-state index in [1.807, 2.05) is 0 Å². The number of carbonyl (C=O) groups excluding carboxylic acids is 3. The predicted molar refractivity (Wildman–Crippen MR) is 108 cm³/mol. The molecule has 4 rings (SSSR count). The van der Waals surface area contributed by atoms with Gasteiger partial charge in [-0.05, 0) is 19.1 Å². The Morgan fingerprint density at radius 3 is 3.07 bits per heavy atom. The quantitative estimate of drug-likeness (QED) is 0.578. The Morgan fingerprint density at radius 1 is 1.43 bits per heavy atom. The van der Waals surface area contributed by atoms with Crippen LogP contribution >= 0.6 is 11.3 Å². The molecule has 9 nitrogen and oxygen atoms in total. The highest BCUT2D eigenvalue weighted by Gasteiger charge is 2.37. The third kappa shape index (κ3) is 3.88. The number of hydrogen-bond acceptors (Lipinski definition) is 7. The van der Waals surface area contributed by atoms with Crippen LogP contribution in [-0.2, 0) is 25.5 Å². The first-order chi connectivity index (χ1) is 14.5. The maximum absolute atomic E-state index is 14.2. The molecule has 1 aromatic carbocycles. The molecule has 2 aromatic heterocycles. The van der Waals surface area contributed by atoms with Crippen LogP contribution in [0.2, 0.25) is 0 Å². The van der Waals surface area contributed by atoms with Crippen LogP contribution in [0.3, 0.4) is 0 Å². The number of esters is 1. The molecule has 0 radical (unpaired) electrons. The fourth-order valence-corrected chi connectivity index (χ4v) is 4.02. The Bertz CT molecular complexity index is 1130. The van der Waals surface area contributed by atoms with Crippen molar-refractivity contribution in [2.75, 3.05) is 23.4 Å². The van der Waals surface area contributed by atoms with Crippen LogP contribution in [0.15, 0.2) is 23.6 Å². The molecule has 0 aliphatic carbocycles. The first kappa shape index (κ1) is 20.0. The third-order valence-corrected chi connectivity index (χ3v) is 5.49. The van der Waals surface area contributed by atoms with Crippen molar-refractivity contribution in [1.29, 1.82) is 0 Å². The SMILES string of the molecule is CCOC(=O)Cc1csc(NC(=O)C2CC(=O)N(c3n[nH]c4cccc(F)c34)C2)n1. The van der Waals surface area contributed by atoms with Crippen LogP contribution in [0.5, 0.6) is 0 Å². The van der Waals surface area contributed by atoms with E-state index in [1.54, 1.807) is 24.4 Å². The van der Waals surface area contributed by atoms with Gasteiger partial charge in [-0.2, -0.15) is 5.10 Å². The maximum atomic E-state index is 14.2. The van der Waals surface area contributed by atoms with Crippen molar-refractivity contribution in [1.82, 2.24) is 15.2 Å². The van der Waals surface area contributed by atoms with E-state index in [9.17, 15) is 18.8 Å². The first-order valence-corrected chi connectivity index (χ1v) is 10.2. The minimum Gasteiger partial charge on any atom is -0.466 e. The normalized spacial score (nSPS) is 16.3. The molecule has 1 atom stereocenters. The number of anilines is 2. The number of halogens is 1. The van der Waals surface area contributed by atoms with Gasteiger partial charge < -0.3 is 10.1 Å². The number of ether oxygens (including phenoxy) is 1. The summed E-state index contributed by atoms with van der Waals surface area (Å²) in [6.07, 6.45) is 0.00337. The Balaban J connectivity index is 1.43. The van der Waals surface area contributed by atoms with Gasteiger partial charge in [0.25, 0.3) is 0 Å². The van der Waals surface area contributed by atoms with Crippen molar-refractivity contribution in [3.63, 3.8) is 0 Å². The number of thiazole rings is 1. The summed E-state index contributed by atoms with van der Waals surface area (Å²) in [6, 6.07) is 4.50. The standard InChI is InChI=1S/C19H18FN5O4S/c1-2-29-15(27)7-11-9-30-19(21-11)22-18(28)10-6-14(26)25(8-10)17-16-12(20)4-3-5-13(16)23-24-17/h3-5,9-10H,2,6-8H2,1H3,(H,23,24)(H,21,22,28). The summed E-state index contributed by atoms with van der Waals surface area (Å²) in [5, 5.41) is 11.7. The molecule has 1 unspecified atom stereocenters. The zero-order chi connectivity index (χ0) is 21.3. The molecule has 3 aromatic rings. The lowest BCUT2D eigenvalue weighted by molar-refractivity contribution is -0.142. The highest BCUT2D eigenvalue weighted by Crippen LogP contribution is 2.32. The van der Waals surface area contributed by atoms with E-state index in [0.29, 0.717) is 16.3 Å². The van der Waals surface area contributed by atoms with Gasteiger partial charge in [-0.15, -0.1) is 11.3 Å². The van der Waals surface area contributed by atoms with E-state index >= 15 is 0 Å². The van der Waals surface area contributed by atoms with Gasteiger partial charge in [0.05, 0.1) is 35.5 Å².